The number of benzene rings is 1. The first-order valence-corrected chi connectivity index (χ1v) is 11.3. The van der Waals surface area contributed by atoms with Crippen LogP contribution in [0.5, 0.6) is 0 Å². The number of anilines is 2. The van der Waals surface area contributed by atoms with Gasteiger partial charge in [-0.15, -0.1) is 0 Å². The number of hydrogen-bond donors (Lipinski definition) is 2. The maximum atomic E-state index is 12.3. The molecule has 3 aliphatic rings. The quantitative estimate of drug-likeness (QED) is 0.764. The van der Waals surface area contributed by atoms with E-state index in [2.05, 4.69) is 43.7 Å². The fourth-order valence-corrected chi connectivity index (χ4v) is 5.01. The Labute approximate surface area is 182 Å². The summed E-state index contributed by atoms with van der Waals surface area (Å²) in [5, 5.41) is 11.4. The van der Waals surface area contributed by atoms with E-state index < -0.39 is 6.03 Å². The lowest BCUT2D eigenvalue weighted by Crippen LogP contribution is -2.49. The van der Waals surface area contributed by atoms with Crippen molar-refractivity contribution in [1.82, 2.24) is 25.3 Å². The Balaban J connectivity index is 1.28. The Morgan fingerprint density at radius 2 is 1.84 bits per heavy atom. The zero-order valence-electron chi connectivity index (χ0n) is 18.1. The maximum Gasteiger partial charge on any atom is 0.329 e. The Bertz CT molecular complexity index is 974. The molecule has 3 amide bonds. The van der Waals surface area contributed by atoms with Crippen molar-refractivity contribution in [3.8, 4) is 0 Å². The zero-order chi connectivity index (χ0) is 21.4. The summed E-state index contributed by atoms with van der Waals surface area (Å²) in [7, 11) is 1.90. The minimum atomic E-state index is -0.398. The number of carbonyl (C=O) groups excluding carboxylic acids is 2. The molecule has 9 heteroatoms. The summed E-state index contributed by atoms with van der Waals surface area (Å²) in [5.41, 5.74) is 2.19. The van der Waals surface area contributed by atoms with Gasteiger partial charge in [0.1, 0.15) is 0 Å². The van der Waals surface area contributed by atoms with Gasteiger partial charge in [0.25, 0.3) is 0 Å². The molecule has 0 aliphatic carbocycles. The molecule has 31 heavy (non-hydrogen) atoms. The van der Waals surface area contributed by atoms with Crippen LogP contribution in [-0.2, 0) is 11.8 Å². The van der Waals surface area contributed by atoms with Gasteiger partial charge >= 0.3 is 6.03 Å². The number of nitrogens with zero attached hydrogens (tertiary/aromatic N) is 5. The number of piperidine rings is 1. The third-order valence-electron chi connectivity index (χ3n) is 6.84. The SMILES string of the molecule is Cn1nc(N2CCC(=O)NC2=O)c2ccc(N3CCN(CC4CCNCC4)CC3)cc21. The van der Waals surface area contributed by atoms with Gasteiger partial charge in [0.15, 0.2) is 5.82 Å². The highest BCUT2D eigenvalue weighted by Crippen LogP contribution is 2.30. The van der Waals surface area contributed by atoms with Gasteiger partial charge in [0.2, 0.25) is 5.91 Å². The minimum Gasteiger partial charge on any atom is -0.369 e. The van der Waals surface area contributed by atoms with Crippen LogP contribution in [0.25, 0.3) is 10.9 Å². The smallest absolute Gasteiger partial charge is 0.329 e. The van der Waals surface area contributed by atoms with Crippen molar-refractivity contribution in [3.63, 3.8) is 0 Å². The van der Waals surface area contributed by atoms with E-state index in [9.17, 15) is 9.59 Å². The largest absolute Gasteiger partial charge is 0.369 e. The highest BCUT2D eigenvalue weighted by molar-refractivity contribution is 6.09. The summed E-state index contributed by atoms with van der Waals surface area (Å²) < 4.78 is 1.82. The van der Waals surface area contributed by atoms with E-state index in [0.717, 1.165) is 56.1 Å². The van der Waals surface area contributed by atoms with Gasteiger partial charge in [0, 0.05) is 63.8 Å². The molecule has 3 saturated heterocycles. The fraction of sp³-hybridized carbons (Fsp3) is 0.591. The average molecular weight is 426 g/mol. The van der Waals surface area contributed by atoms with Gasteiger partial charge in [-0.05, 0) is 50.0 Å². The Morgan fingerprint density at radius 3 is 2.58 bits per heavy atom. The van der Waals surface area contributed by atoms with Gasteiger partial charge < -0.3 is 10.2 Å². The Morgan fingerprint density at radius 1 is 1.06 bits per heavy atom. The van der Waals surface area contributed by atoms with Crippen LogP contribution in [0.4, 0.5) is 16.3 Å². The molecule has 0 saturated carbocycles. The van der Waals surface area contributed by atoms with Gasteiger partial charge in [-0.2, -0.15) is 5.10 Å². The van der Waals surface area contributed by atoms with E-state index in [1.54, 1.807) is 4.90 Å². The van der Waals surface area contributed by atoms with Crippen molar-refractivity contribution < 1.29 is 9.59 Å². The summed E-state index contributed by atoms with van der Waals surface area (Å²) in [4.78, 5) is 30.4. The molecular formula is C22H31N7O2. The Hall–Kier alpha value is -2.65. The van der Waals surface area contributed by atoms with Crippen LogP contribution in [0, 0.1) is 5.92 Å². The monoisotopic (exact) mass is 425 g/mol. The first-order chi connectivity index (χ1) is 15.1. The lowest BCUT2D eigenvalue weighted by molar-refractivity contribution is -0.120. The molecule has 9 nitrogen and oxygen atoms in total. The van der Waals surface area contributed by atoms with Crippen molar-refractivity contribution in [2.45, 2.75) is 19.3 Å². The molecule has 166 valence electrons. The number of amides is 3. The van der Waals surface area contributed by atoms with Crippen LogP contribution < -0.4 is 20.4 Å². The summed E-state index contributed by atoms with van der Waals surface area (Å²) in [6.07, 6.45) is 2.88. The van der Waals surface area contributed by atoms with Gasteiger partial charge in [-0.3, -0.25) is 24.6 Å². The molecule has 0 bridgehead atoms. The summed E-state index contributed by atoms with van der Waals surface area (Å²) in [6.45, 7) is 8.15. The molecule has 0 unspecified atom stereocenters. The van der Waals surface area contributed by atoms with Crippen LogP contribution >= 0.6 is 0 Å². The normalized spacial score (nSPS) is 21.7. The number of hydrogen-bond acceptors (Lipinski definition) is 6. The maximum absolute atomic E-state index is 12.3. The Kier molecular flexibility index (Phi) is 5.54. The molecular weight excluding hydrogens is 394 g/mol. The molecule has 3 fully saturated rings. The van der Waals surface area contributed by atoms with E-state index in [1.165, 1.54) is 25.1 Å². The van der Waals surface area contributed by atoms with E-state index >= 15 is 0 Å². The molecule has 2 N–H and O–H groups in total. The molecule has 2 aromatic rings. The standard InChI is InChI=1S/C22H31N7O2/c1-26-19-14-17(28-12-10-27(11-13-28)15-16-4-7-23-8-5-16)2-3-18(19)21(25-26)29-9-6-20(30)24-22(29)31/h2-3,14,16,23H,4-13,15H2,1H3,(H,24,30,31). The number of piperazine rings is 1. The number of imide groups is 1. The summed E-state index contributed by atoms with van der Waals surface area (Å²) in [6, 6.07) is 5.95. The second-order valence-corrected chi connectivity index (χ2v) is 8.88. The van der Waals surface area contributed by atoms with Gasteiger partial charge in [-0.1, -0.05) is 0 Å². The van der Waals surface area contributed by atoms with Crippen LogP contribution in [0.3, 0.4) is 0 Å². The molecule has 3 aliphatic heterocycles. The number of fused-ring (bicyclic) bond motifs is 1. The summed E-state index contributed by atoms with van der Waals surface area (Å²) in [5.74, 6) is 1.21. The van der Waals surface area contributed by atoms with Crippen molar-refractivity contribution in [1.29, 1.82) is 0 Å². The van der Waals surface area contributed by atoms with Crippen molar-refractivity contribution in [3.05, 3.63) is 18.2 Å². The number of urea groups is 1. The van der Waals surface area contributed by atoms with Crippen LogP contribution in [0.15, 0.2) is 18.2 Å². The molecule has 0 radical (unpaired) electrons. The molecule has 4 heterocycles. The van der Waals surface area contributed by atoms with Crippen molar-refractivity contribution in [2.75, 3.05) is 62.2 Å². The predicted octanol–water partition coefficient (Wildman–Crippen LogP) is 1.14. The second-order valence-electron chi connectivity index (χ2n) is 8.88. The topological polar surface area (TPSA) is 85.7 Å². The third kappa shape index (κ3) is 4.12. The van der Waals surface area contributed by atoms with Crippen LogP contribution in [-0.4, -0.2) is 79.0 Å². The highest BCUT2D eigenvalue weighted by Gasteiger charge is 2.28. The molecule has 0 atom stereocenters. The molecule has 1 aromatic carbocycles. The lowest BCUT2D eigenvalue weighted by Gasteiger charge is -2.38. The van der Waals surface area contributed by atoms with Crippen LogP contribution in [0.2, 0.25) is 0 Å². The van der Waals surface area contributed by atoms with Crippen molar-refractivity contribution in [2.24, 2.45) is 13.0 Å². The molecule has 5 rings (SSSR count). The lowest BCUT2D eigenvalue weighted by atomic mass is 9.97. The van der Waals surface area contributed by atoms with Gasteiger partial charge in [0.05, 0.1) is 5.52 Å². The van der Waals surface area contributed by atoms with E-state index in [-0.39, 0.29) is 5.91 Å². The predicted molar refractivity (Wildman–Crippen MR) is 120 cm³/mol. The number of nitrogens with one attached hydrogen (secondary N) is 2. The first-order valence-electron chi connectivity index (χ1n) is 11.3. The molecule has 1 aromatic heterocycles. The number of aromatic nitrogens is 2. The van der Waals surface area contributed by atoms with E-state index in [4.69, 9.17) is 0 Å². The molecule has 0 spiro atoms. The number of rotatable bonds is 4. The van der Waals surface area contributed by atoms with Gasteiger partial charge in [-0.25, -0.2) is 4.79 Å². The summed E-state index contributed by atoms with van der Waals surface area (Å²) >= 11 is 0. The number of carbonyl (C=O) groups is 2. The number of aryl methyl sites for hydroxylation is 1. The third-order valence-corrected chi connectivity index (χ3v) is 6.84. The zero-order valence-corrected chi connectivity index (χ0v) is 18.1. The highest BCUT2D eigenvalue weighted by atomic mass is 16.2. The van der Waals surface area contributed by atoms with E-state index in [0.29, 0.717) is 18.8 Å². The first kappa shape index (κ1) is 20.3. The van der Waals surface area contributed by atoms with Crippen molar-refractivity contribution >= 4 is 34.3 Å². The average Bonchev–Trinajstić information content (AvgIpc) is 3.11. The van der Waals surface area contributed by atoms with E-state index in [1.807, 2.05) is 11.7 Å². The van der Waals surface area contributed by atoms with Crippen LogP contribution in [0.1, 0.15) is 19.3 Å². The second kappa shape index (κ2) is 8.47. The fourth-order valence-electron chi connectivity index (χ4n) is 5.01. The minimum absolute atomic E-state index is 0.233.